The van der Waals surface area contributed by atoms with Gasteiger partial charge in [-0.3, -0.25) is 4.98 Å². The van der Waals surface area contributed by atoms with Gasteiger partial charge in [0.25, 0.3) is 0 Å². The van der Waals surface area contributed by atoms with E-state index in [-0.39, 0.29) is 0 Å². The number of carboxylic acid groups (broad SMARTS) is 1. The van der Waals surface area contributed by atoms with E-state index in [1.165, 1.54) is 38.3 Å². The molecule has 0 amide bonds. The molecule has 0 atom stereocenters. The lowest BCUT2D eigenvalue weighted by molar-refractivity contribution is 0.0697. The molecule has 0 aromatic carbocycles. The Morgan fingerprint density at radius 3 is 2.75 bits per heavy atom. The van der Waals surface area contributed by atoms with Crippen LogP contribution in [0, 0.1) is 11.3 Å². The molecule has 1 aliphatic carbocycles. The second kappa shape index (κ2) is 6.25. The Bertz CT molecular complexity index is 465. The highest BCUT2D eigenvalue weighted by Gasteiger charge is 2.34. The van der Waals surface area contributed by atoms with Crippen molar-refractivity contribution in [3.05, 3.63) is 24.0 Å². The van der Waals surface area contributed by atoms with Gasteiger partial charge in [0, 0.05) is 12.7 Å². The molecule has 0 radical (unpaired) electrons. The Balaban J connectivity index is 2.08. The van der Waals surface area contributed by atoms with Crippen molar-refractivity contribution in [2.75, 3.05) is 11.9 Å². The first kappa shape index (κ1) is 14.8. The molecule has 1 saturated carbocycles. The Hall–Kier alpha value is -1.58. The zero-order chi connectivity index (χ0) is 14.6. The van der Waals surface area contributed by atoms with Crippen LogP contribution in [0.1, 0.15) is 56.3 Å². The van der Waals surface area contributed by atoms with Crippen molar-refractivity contribution >= 4 is 11.7 Å². The largest absolute Gasteiger partial charge is 0.478 e. The predicted molar refractivity (Wildman–Crippen MR) is 80.0 cm³/mol. The fraction of sp³-hybridized carbons (Fsp3) is 0.625. The number of carbonyl (C=O) groups is 1. The van der Waals surface area contributed by atoms with Gasteiger partial charge in [0.1, 0.15) is 0 Å². The van der Waals surface area contributed by atoms with Gasteiger partial charge in [-0.15, -0.1) is 0 Å². The van der Waals surface area contributed by atoms with Crippen molar-refractivity contribution in [2.24, 2.45) is 11.3 Å². The van der Waals surface area contributed by atoms with Crippen LogP contribution < -0.4 is 5.32 Å². The van der Waals surface area contributed by atoms with Crippen LogP contribution in [0.4, 0.5) is 5.69 Å². The topological polar surface area (TPSA) is 62.2 Å². The number of hydrogen-bond donors (Lipinski definition) is 2. The average Bonchev–Trinajstić information content (AvgIpc) is 2.84. The average molecular weight is 276 g/mol. The number of carboxylic acids is 1. The third-order valence-electron chi connectivity index (χ3n) is 4.21. The molecular formula is C16H24N2O2. The van der Waals surface area contributed by atoms with Gasteiger partial charge in [-0.05, 0) is 36.7 Å². The monoisotopic (exact) mass is 276 g/mol. The normalized spacial score (nSPS) is 17.4. The molecule has 0 bridgehead atoms. The summed E-state index contributed by atoms with van der Waals surface area (Å²) in [6, 6.07) is 1.55. The van der Waals surface area contributed by atoms with E-state index < -0.39 is 5.97 Å². The quantitative estimate of drug-likeness (QED) is 0.829. The van der Waals surface area contributed by atoms with Crippen LogP contribution in [-0.2, 0) is 0 Å². The molecule has 0 unspecified atom stereocenters. The first-order valence-corrected chi connectivity index (χ1v) is 7.44. The fourth-order valence-corrected chi connectivity index (χ4v) is 3.45. The minimum atomic E-state index is -0.903. The molecule has 2 N–H and O–H groups in total. The summed E-state index contributed by atoms with van der Waals surface area (Å²) in [5.74, 6) is -0.234. The minimum absolute atomic E-state index is 0.303. The van der Waals surface area contributed by atoms with Gasteiger partial charge in [0.2, 0.25) is 0 Å². The van der Waals surface area contributed by atoms with Gasteiger partial charge in [0.15, 0.2) is 0 Å². The molecule has 4 heteroatoms. The highest BCUT2D eigenvalue weighted by Crippen LogP contribution is 2.43. The van der Waals surface area contributed by atoms with Crippen LogP contribution in [0.25, 0.3) is 0 Å². The summed E-state index contributed by atoms with van der Waals surface area (Å²) in [7, 11) is 0. The number of hydrogen-bond acceptors (Lipinski definition) is 3. The molecule has 0 saturated heterocycles. The first-order chi connectivity index (χ1) is 9.52. The Kier molecular flexibility index (Phi) is 4.63. The van der Waals surface area contributed by atoms with Crippen LogP contribution in [0.3, 0.4) is 0 Å². The smallest absolute Gasteiger partial charge is 0.337 e. The molecule has 1 aromatic heterocycles. The zero-order valence-electron chi connectivity index (χ0n) is 12.4. The molecule has 0 aliphatic heterocycles. The standard InChI is InChI=1S/C16H24N2O2/c1-12(2)9-16(6-3-4-7-16)11-18-14-10-17-8-5-13(14)15(19)20/h5,8,10,12,18H,3-4,6-7,9,11H2,1-2H3,(H,19,20). The van der Waals surface area contributed by atoms with Crippen molar-refractivity contribution < 1.29 is 9.90 Å². The lowest BCUT2D eigenvalue weighted by Gasteiger charge is -2.31. The number of rotatable bonds is 6. The minimum Gasteiger partial charge on any atom is -0.478 e. The fourth-order valence-electron chi connectivity index (χ4n) is 3.45. The van der Waals surface area contributed by atoms with E-state index in [4.69, 9.17) is 0 Å². The van der Waals surface area contributed by atoms with Crippen LogP contribution >= 0.6 is 0 Å². The number of nitrogens with zero attached hydrogens (tertiary/aromatic N) is 1. The lowest BCUT2D eigenvalue weighted by atomic mass is 9.78. The van der Waals surface area contributed by atoms with Crippen molar-refractivity contribution in [3.8, 4) is 0 Å². The number of nitrogens with one attached hydrogen (secondary N) is 1. The molecule has 20 heavy (non-hydrogen) atoms. The Labute approximate surface area is 120 Å². The van der Waals surface area contributed by atoms with E-state index in [1.807, 2.05) is 0 Å². The SMILES string of the molecule is CC(C)CC1(CNc2cnccc2C(=O)O)CCCC1. The van der Waals surface area contributed by atoms with Crippen LogP contribution in [0.5, 0.6) is 0 Å². The van der Waals surface area contributed by atoms with Gasteiger partial charge < -0.3 is 10.4 Å². The zero-order valence-corrected chi connectivity index (χ0v) is 12.4. The number of aromatic carboxylic acids is 1. The molecule has 1 aromatic rings. The van der Waals surface area contributed by atoms with E-state index >= 15 is 0 Å². The molecule has 4 nitrogen and oxygen atoms in total. The van der Waals surface area contributed by atoms with Gasteiger partial charge in [-0.2, -0.15) is 0 Å². The molecule has 1 fully saturated rings. The molecule has 110 valence electrons. The Morgan fingerprint density at radius 2 is 2.15 bits per heavy atom. The molecule has 0 spiro atoms. The Morgan fingerprint density at radius 1 is 1.45 bits per heavy atom. The molecule has 1 heterocycles. The number of pyridine rings is 1. The molecule has 1 aliphatic rings. The summed E-state index contributed by atoms with van der Waals surface area (Å²) in [5, 5.41) is 12.5. The van der Waals surface area contributed by atoms with Crippen LogP contribution in [0.15, 0.2) is 18.5 Å². The van der Waals surface area contributed by atoms with E-state index in [2.05, 4.69) is 24.1 Å². The molecule has 2 rings (SSSR count). The predicted octanol–water partition coefficient (Wildman–Crippen LogP) is 3.80. The van der Waals surface area contributed by atoms with Crippen molar-refractivity contribution in [3.63, 3.8) is 0 Å². The van der Waals surface area contributed by atoms with Gasteiger partial charge in [-0.25, -0.2) is 4.79 Å². The molecular weight excluding hydrogens is 252 g/mol. The second-order valence-corrected chi connectivity index (χ2v) is 6.39. The van der Waals surface area contributed by atoms with Crippen LogP contribution in [-0.4, -0.2) is 22.6 Å². The maximum Gasteiger partial charge on any atom is 0.337 e. The van der Waals surface area contributed by atoms with Crippen molar-refractivity contribution in [2.45, 2.75) is 46.0 Å². The third-order valence-corrected chi connectivity index (χ3v) is 4.21. The maximum absolute atomic E-state index is 11.2. The lowest BCUT2D eigenvalue weighted by Crippen LogP contribution is -2.29. The summed E-state index contributed by atoms with van der Waals surface area (Å²) < 4.78 is 0. The first-order valence-electron chi connectivity index (χ1n) is 7.44. The van der Waals surface area contributed by atoms with Crippen molar-refractivity contribution in [1.29, 1.82) is 0 Å². The summed E-state index contributed by atoms with van der Waals surface area (Å²) in [6.45, 7) is 5.36. The third kappa shape index (κ3) is 3.50. The number of aromatic nitrogens is 1. The highest BCUT2D eigenvalue weighted by molar-refractivity contribution is 5.93. The van der Waals surface area contributed by atoms with Gasteiger partial charge >= 0.3 is 5.97 Å². The van der Waals surface area contributed by atoms with E-state index in [1.54, 1.807) is 12.3 Å². The summed E-state index contributed by atoms with van der Waals surface area (Å²) >= 11 is 0. The second-order valence-electron chi connectivity index (χ2n) is 6.39. The van der Waals surface area contributed by atoms with E-state index in [0.29, 0.717) is 22.6 Å². The van der Waals surface area contributed by atoms with Crippen molar-refractivity contribution in [1.82, 2.24) is 4.98 Å². The van der Waals surface area contributed by atoms with Gasteiger partial charge in [-0.1, -0.05) is 26.7 Å². The highest BCUT2D eigenvalue weighted by atomic mass is 16.4. The van der Waals surface area contributed by atoms with Gasteiger partial charge in [0.05, 0.1) is 17.4 Å². The summed E-state index contributed by atoms with van der Waals surface area (Å²) in [4.78, 5) is 15.2. The maximum atomic E-state index is 11.2. The summed E-state index contributed by atoms with van der Waals surface area (Å²) in [6.07, 6.45) is 9.38. The number of anilines is 1. The van der Waals surface area contributed by atoms with E-state index in [0.717, 1.165) is 6.54 Å². The summed E-state index contributed by atoms with van der Waals surface area (Å²) in [5.41, 5.74) is 1.26. The van der Waals surface area contributed by atoms with Crippen LogP contribution in [0.2, 0.25) is 0 Å². The van der Waals surface area contributed by atoms with E-state index in [9.17, 15) is 9.90 Å².